The number of hydrogen-bond acceptors (Lipinski definition) is 4. The smallest absolute Gasteiger partial charge is 0.294 e. The quantitative estimate of drug-likeness (QED) is 0.664. The summed E-state index contributed by atoms with van der Waals surface area (Å²) >= 11 is 11.9. The van der Waals surface area contributed by atoms with E-state index in [-0.39, 0.29) is 23.4 Å². The Morgan fingerprint density at radius 1 is 1.40 bits per heavy atom. The van der Waals surface area contributed by atoms with E-state index in [9.17, 15) is 10.1 Å². The summed E-state index contributed by atoms with van der Waals surface area (Å²) in [4.78, 5) is 12.8. The molecule has 0 amide bonds. The maximum Gasteiger partial charge on any atom is 0.294 e. The van der Waals surface area contributed by atoms with Crippen molar-refractivity contribution in [3.05, 3.63) is 32.3 Å². The SMILES string of the molecule is O=[N+]([O-])c1cc(Cl)c(Cl)cc1N1CCCC1CCCO. The average Bonchev–Trinajstić information content (AvgIpc) is 2.87. The van der Waals surface area contributed by atoms with Crippen molar-refractivity contribution in [1.82, 2.24) is 0 Å². The van der Waals surface area contributed by atoms with Gasteiger partial charge in [0.2, 0.25) is 0 Å². The van der Waals surface area contributed by atoms with Gasteiger partial charge in [-0.15, -0.1) is 0 Å². The highest BCUT2D eigenvalue weighted by Gasteiger charge is 2.30. The number of anilines is 1. The zero-order chi connectivity index (χ0) is 14.7. The highest BCUT2D eigenvalue weighted by Crippen LogP contribution is 2.39. The van der Waals surface area contributed by atoms with Gasteiger partial charge < -0.3 is 10.0 Å². The van der Waals surface area contributed by atoms with Crippen LogP contribution in [-0.2, 0) is 0 Å². The molecule has 0 radical (unpaired) electrons. The van der Waals surface area contributed by atoms with E-state index in [1.165, 1.54) is 6.07 Å². The van der Waals surface area contributed by atoms with Crippen molar-refractivity contribution in [3.8, 4) is 0 Å². The second-order valence-electron chi connectivity index (χ2n) is 4.87. The Labute approximate surface area is 127 Å². The van der Waals surface area contributed by atoms with Crippen LogP contribution in [0.5, 0.6) is 0 Å². The van der Waals surface area contributed by atoms with Crippen LogP contribution in [0.25, 0.3) is 0 Å². The average molecular weight is 319 g/mol. The van der Waals surface area contributed by atoms with E-state index in [1.54, 1.807) is 6.07 Å². The van der Waals surface area contributed by atoms with Crippen LogP contribution in [0.1, 0.15) is 25.7 Å². The minimum absolute atomic E-state index is 0.0182. The minimum Gasteiger partial charge on any atom is -0.396 e. The number of aliphatic hydroxyl groups is 1. The van der Waals surface area contributed by atoms with Gasteiger partial charge in [-0.05, 0) is 31.7 Å². The molecule has 1 fully saturated rings. The molecule has 5 nitrogen and oxygen atoms in total. The van der Waals surface area contributed by atoms with Crippen molar-refractivity contribution in [2.75, 3.05) is 18.1 Å². The highest BCUT2D eigenvalue weighted by atomic mass is 35.5. The molecule has 1 N–H and O–H groups in total. The summed E-state index contributed by atoms with van der Waals surface area (Å²) in [5.41, 5.74) is 0.500. The van der Waals surface area contributed by atoms with Gasteiger partial charge in [0.1, 0.15) is 5.69 Å². The van der Waals surface area contributed by atoms with Crippen LogP contribution in [-0.4, -0.2) is 29.2 Å². The number of nitro groups is 1. The Balaban J connectivity index is 2.35. The molecule has 1 aromatic rings. The Kier molecular flexibility index (Phi) is 5.07. The predicted molar refractivity (Wildman–Crippen MR) is 79.8 cm³/mol. The van der Waals surface area contributed by atoms with E-state index in [2.05, 4.69) is 0 Å². The summed E-state index contributed by atoms with van der Waals surface area (Å²) in [5, 5.41) is 20.6. The second-order valence-corrected chi connectivity index (χ2v) is 5.68. The molecule has 0 spiro atoms. The monoisotopic (exact) mass is 318 g/mol. The highest BCUT2D eigenvalue weighted by molar-refractivity contribution is 6.42. The minimum atomic E-state index is -0.432. The van der Waals surface area contributed by atoms with Crippen LogP contribution in [0, 0.1) is 10.1 Å². The maximum atomic E-state index is 11.2. The lowest BCUT2D eigenvalue weighted by atomic mass is 10.1. The van der Waals surface area contributed by atoms with Crippen molar-refractivity contribution >= 4 is 34.6 Å². The largest absolute Gasteiger partial charge is 0.396 e. The van der Waals surface area contributed by atoms with Gasteiger partial charge in [-0.2, -0.15) is 0 Å². The third-order valence-electron chi connectivity index (χ3n) is 3.60. The van der Waals surface area contributed by atoms with Gasteiger partial charge in [-0.3, -0.25) is 10.1 Å². The van der Waals surface area contributed by atoms with Gasteiger partial charge in [0.05, 0.1) is 15.0 Å². The van der Waals surface area contributed by atoms with E-state index in [0.29, 0.717) is 17.1 Å². The maximum absolute atomic E-state index is 11.2. The molecule has 1 aliphatic rings. The van der Waals surface area contributed by atoms with E-state index >= 15 is 0 Å². The first kappa shape index (κ1) is 15.4. The summed E-state index contributed by atoms with van der Waals surface area (Å²) in [5.74, 6) is 0. The molecule has 2 rings (SSSR count). The van der Waals surface area contributed by atoms with Crippen molar-refractivity contribution < 1.29 is 10.0 Å². The molecule has 0 bridgehead atoms. The molecule has 1 aliphatic heterocycles. The lowest BCUT2D eigenvalue weighted by Gasteiger charge is -2.26. The van der Waals surface area contributed by atoms with E-state index < -0.39 is 4.92 Å². The number of benzene rings is 1. The van der Waals surface area contributed by atoms with E-state index in [1.807, 2.05) is 4.90 Å². The number of nitro benzene ring substituents is 1. The third kappa shape index (κ3) is 3.16. The first-order valence-corrected chi connectivity index (χ1v) is 7.31. The fourth-order valence-electron chi connectivity index (χ4n) is 2.68. The third-order valence-corrected chi connectivity index (χ3v) is 4.32. The predicted octanol–water partition coefficient (Wildman–Crippen LogP) is 3.64. The summed E-state index contributed by atoms with van der Waals surface area (Å²) in [7, 11) is 0. The molecule has 1 atom stereocenters. The van der Waals surface area contributed by atoms with E-state index in [0.717, 1.165) is 25.8 Å². The fourth-order valence-corrected chi connectivity index (χ4v) is 3.00. The topological polar surface area (TPSA) is 66.6 Å². The van der Waals surface area contributed by atoms with Gasteiger partial charge >= 0.3 is 0 Å². The second kappa shape index (κ2) is 6.61. The standard InChI is InChI=1S/C13H16Cl2N2O3/c14-10-7-12(13(17(19)20)8-11(10)15)16-5-1-3-9(16)4-2-6-18/h7-9,18H,1-6H2. The van der Waals surface area contributed by atoms with Gasteiger partial charge in [-0.25, -0.2) is 0 Å². The molecule has 7 heteroatoms. The molecule has 110 valence electrons. The van der Waals surface area contributed by atoms with Crippen LogP contribution in [0.4, 0.5) is 11.4 Å². The van der Waals surface area contributed by atoms with Crippen molar-refractivity contribution in [3.63, 3.8) is 0 Å². The fraction of sp³-hybridized carbons (Fsp3) is 0.538. The zero-order valence-electron chi connectivity index (χ0n) is 10.9. The number of hydrogen-bond donors (Lipinski definition) is 1. The first-order chi connectivity index (χ1) is 9.54. The van der Waals surface area contributed by atoms with Crippen molar-refractivity contribution in [2.24, 2.45) is 0 Å². The van der Waals surface area contributed by atoms with Crippen LogP contribution in [0.15, 0.2) is 12.1 Å². The molecule has 0 aliphatic carbocycles. The van der Waals surface area contributed by atoms with Crippen LogP contribution >= 0.6 is 23.2 Å². The molecule has 1 unspecified atom stereocenters. The molecule has 1 heterocycles. The number of nitrogens with zero attached hydrogens (tertiary/aromatic N) is 2. The number of rotatable bonds is 5. The lowest BCUT2D eigenvalue weighted by Crippen LogP contribution is -2.30. The zero-order valence-corrected chi connectivity index (χ0v) is 12.4. The molecule has 1 saturated heterocycles. The Morgan fingerprint density at radius 2 is 2.10 bits per heavy atom. The number of aliphatic hydroxyl groups excluding tert-OH is 1. The molecular weight excluding hydrogens is 303 g/mol. The van der Waals surface area contributed by atoms with Crippen molar-refractivity contribution in [1.29, 1.82) is 0 Å². The number of halogens is 2. The molecule has 20 heavy (non-hydrogen) atoms. The first-order valence-electron chi connectivity index (χ1n) is 6.55. The summed E-state index contributed by atoms with van der Waals surface area (Å²) in [6, 6.07) is 3.08. The summed E-state index contributed by atoms with van der Waals surface area (Å²) in [6.07, 6.45) is 3.45. The molecule has 1 aromatic carbocycles. The Morgan fingerprint density at radius 3 is 2.75 bits per heavy atom. The Bertz CT molecular complexity index is 511. The lowest BCUT2D eigenvalue weighted by molar-refractivity contribution is -0.384. The Hall–Kier alpha value is -1.04. The summed E-state index contributed by atoms with van der Waals surface area (Å²) in [6.45, 7) is 0.892. The van der Waals surface area contributed by atoms with Crippen LogP contribution in [0.2, 0.25) is 10.0 Å². The van der Waals surface area contributed by atoms with Gasteiger partial charge in [-0.1, -0.05) is 23.2 Å². The van der Waals surface area contributed by atoms with Gasteiger partial charge in [0.15, 0.2) is 0 Å². The molecule has 0 aromatic heterocycles. The van der Waals surface area contributed by atoms with Crippen molar-refractivity contribution in [2.45, 2.75) is 31.7 Å². The normalized spacial score (nSPS) is 18.6. The van der Waals surface area contributed by atoms with Crippen LogP contribution in [0.3, 0.4) is 0 Å². The van der Waals surface area contributed by atoms with Gasteiger partial charge in [0, 0.05) is 25.3 Å². The molecular formula is C13H16Cl2N2O3. The van der Waals surface area contributed by atoms with Crippen LogP contribution < -0.4 is 4.90 Å². The van der Waals surface area contributed by atoms with Gasteiger partial charge in [0.25, 0.3) is 5.69 Å². The summed E-state index contributed by atoms with van der Waals surface area (Å²) < 4.78 is 0. The molecule has 0 saturated carbocycles. The van der Waals surface area contributed by atoms with E-state index in [4.69, 9.17) is 28.3 Å².